The van der Waals surface area contributed by atoms with Crippen molar-refractivity contribution in [1.29, 1.82) is 0 Å². The summed E-state index contributed by atoms with van der Waals surface area (Å²) in [5, 5.41) is 0. The predicted molar refractivity (Wildman–Crippen MR) is 109 cm³/mol. The number of benzene rings is 2. The third-order valence-electron chi connectivity index (χ3n) is 5.21. The van der Waals surface area contributed by atoms with Gasteiger partial charge in [0, 0.05) is 25.3 Å². The molecule has 0 atom stereocenters. The molecule has 0 radical (unpaired) electrons. The van der Waals surface area contributed by atoms with Crippen LogP contribution in [0, 0.1) is 0 Å². The summed E-state index contributed by atoms with van der Waals surface area (Å²) in [6, 6.07) is 13.2. The van der Waals surface area contributed by atoms with Crippen LogP contribution in [0.4, 0.5) is 5.69 Å². The minimum Gasteiger partial charge on any atom is -0.452 e. The van der Waals surface area contributed by atoms with E-state index >= 15 is 0 Å². The molecule has 2 aromatic rings. The van der Waals surface area contributed by atoms with Crippen molar-refractivity contribution >= 4 is 27.6 Å². The zero-order chi connectivity index (χ0) is 21.1. The Hall–Kier alpha value is -2.75. The second kappa shape index (κ2) is 8.55. The number of carbonyl (C=O) groups is 2. The summed E-state index contributed by atoms with van der Waals surface area (Å²) in [5.41, 5.74) is 2.12. The van der Waals surface area contributed by atoms with Gasteiger partial charge in [-0.25, -0.2) is 13.2 Å². The number of anilines is 1. The second-order valence-corrected chi connectivity index (χ2v) is 8.98. The maximum atomic E-state index is 12.6. The van der Waals surface area contributed by atoms with E-state index in [1.165, 1.54) is 28.6 Å². The first-order chi connectivity index (χ1) is 14.5. The van der Waals surface area contributed by atoms with Gasteiger partial charge in [0.25, 0.3) is 5.91 Å². The number of carbonyl (C=O) groups excluding carboxylic acids is 2. The molecule has 0 unspecified atom stereocenters. The smallest absolute Gasteiger partial charge is 0.338 e. The lowest BCUT2D eigenvalue weighted by Gasteiger charge is -2.26. The maximum absolute atomic E-state index is 12.6. The normalized spacial score (nSPS) is 16.9. The highest BCUT2D eigenvalue weighted by Gasteiger charge is 2.27. The molecule has 2 aliphatic heterocycles. The van der Waals surface area contributed by atoms with Crippen LogP contribution in [-0.2, 0) is 30.7 Å². The minimum absolute atomic E-state index is 0.103. The molecule has 0 saturated carbocycles. The first-order valence-electron chi connectivity index (χ1n) is 9.70. The third-order valence-corrected chi connectivity index (χ3v) is 7.13. The molecule has 9 heteroatoms. The molecule has 0 bridgehead atoms. The van der Waals surface area contributed by atoms with E-state index in [-0.39, 0.29) is 23.0 Å². The van der Waals surface area contributed by atoms with Gasteiger partial charge in [0.1, 0.15) is 0 Å². The first kappa shape index (κ1) is 20.5. The van der Waals surface area contributed by atoms with Crippen LogP contribution in [0.2, 0.25) is 0 Å². The zero-order valence-electron chi connectivity index (χ0n) is 16.3. The van der Waals surface area contributed by atoms with Crippen molar-refractivity contribution in [1.82, 2.24) is 4.31 Å². The van der Waals surface area contributed by atoms with Gasteiger partial charge in [-0.05, 0) is 42.3 Å². The Kier molecular flexibility index (Phi) is 5.85. The second-order valence-electron chi connectivity index (χ2n) is 7.04. The minimum atomic E-state index is -3.63. The number of fused-ring (bicyclic) bond motifs is 1. The highest BCUT2D eigenvalue weighted by atomic mass is 32.2. The van der Waals surface area contributed by atoms with Gasteiger partial charge < -0.3 is 14.4 Å². The number of para-hydroxylation sites is 1. The Morgan fingerprint density at radius 1 is 0.967 bits per heavy atom. The summed E-state index contributed by atoms with van der Waals surface area (Å²) in [7, 11) is -3.63. The molecule has 1 fully saturated rings. The number of ether oxygens (including phenoxy) is 2. The average Bonchev–Trinajstić information content (AvgIpc) is 3.22. The quantitative estimate of drug-likeness (QED) is 0.667. The fourth-order valence-electron chi connectivity index (χ4n) is 3.58. The van der Waals surface area contributed by atoms with Crippen molar-refractivity contribution in [2.45, 2.75) is 11.3 Å². The molecule has 2 heterocycles. The average molecular weight is 430 g/mol. The molecule has 0 aromatic heterocycles. The van der Waals surface area contributed by atoms with E-state index in [0.717, 1.165) is 17.7 Å². The van der Waals surface area contributed by atoms with Crippen molar-refractivity contribution in [3.63, 3.8) is 0 Å². The molecule has 0 aliphatic carbocycles. The van der Waals surface area contributed by atoms with Gasteiger partial charge in [-0.1, -0.05) is 18.2 Å². The number of amides is 1. The van der Waals surface area contributed by atoms with Crippen LogP contribution < -0.4 is 4.90 Å². The highest BCUT2D eigenvalue weighted by Crippen LogP contribution is 2.27. The van der Waals surface area contributed by atoms with E-state index in [9.17, 15) is 18.0 Å². The molecule has 0 spiro atoms. The van der Waals surface area contributed by atoms with Crippen LogP contribution in [0.1, 0.15) is 15.9 Å². The largest absolute Gasteiger partial charge is 0.452 e. The van der Waals surface area contributed by atoms with Crippen LogP contribution in [0.5, 0.6) is 0 Å². The van der Waals surface area contributed by atoms with Crippen LogP contribution in [-0.4, -0.2) is 64.1 Å². The molecule has 0 N–H and O–H groups in total. The lowest BCUT2D eigenvalue weighted by Crippen LogP contribution is -2.40. The molecular formula is C21H22N2O6S. The van der Waals surface area contributed by atoms with Crippen molar-refractivity contribution in [3.05, 3.63) is 59.7 Å². The molecule has 1 amide bonds. The van der Waals surface area contributed by atoms with Gasteiger partial charge >= 0.3 is 5.97 Å². The number of hydrogen-bond donors (Lipinski definition) is 0. The monoisotopic (exact) mass is 430 g/mol. The summed E-state index contributed by atoms with van der Waals surface area (Å²) < 4.78 is 37.0. The van der Waals surface area contributed by atoms with E-state index in [0.29, 0.717) is 32.8 Å². The Morgan fingerprint density at radius 3 is 2.40 bits per heavy atom. The molecule has 4 rings (SSSR count). The Morgan fingerprint density at radius 2 is 1.67 bits per heavy atom. The summed E-state index contributed by atoms with van der Waals surface area (Å²) in [4.78, 5) is 26.5. The summed E-state index contributed by atoms with van der Waals surface area (Å²) >= 11 is 0. The third kappa shape index (κ3) is 4.09. The molecule has 158 valence electrons. The Labute approximate surface area is 175 Å². The van der Waals surface area contributed by atoms with Crippen molar-refractivity contribution in [2.24, 2.45) is 0 Å². The van der Waals surface area contributed by atoms with E-state index in [1.807, 2.05) is 24.3 Å². The predicted octanol–water partition coefficient (Wildman–Crippen LogP) is 1.45. The van der Waals surface area contributed by atoms with Gasteiger partial charge in [-0.2, -0.15) is 4.31 Å². The van der Waals surface area contributed by atoms with E-state index in [2.05, 4.69) is 0 Å². The fraction of sp³-hybridized carbons (Fsp3) is 0.333. The molecular weight excluding hydrogens is 408 g/mol. The number of morpholine rings is 1. The van der Waals surface area contributed by atoms with Crippen molar-refractivity contribution < 1.29 is 27.5 Å². The number of sulfonamides is 1. The maximum Gasteiger partial charge on any atom is 0.338 e. The zero-order valence-corrected chi connectivity index (χ0v) is 17.1. The van der Waals surface area contributed by atoms with Crippen LogP contribution in [0.15, 0.2) is 53.4 Å². The van der Waals surface area contributed by atoms with E-state index in [1.54, 1.807) is 4.90 Å². The van der Waals surface area contributed by atoms with Gasteiger partial charge in [0.2, 0.25) is 10.0 Å². The fourth-order valence-corrected chi connectivity index (χ4v) is 4.99. The molecule has 2 aromatic carbocycles. The highest BCUT2D eigenvalue weighted by molar-refractivity contribution is 7.89. The van der Waals surface area contributed by atoms with Crippen LogP contribution in [0.25, 0.3) is 0 Å². The van der Waals surface area contributed by atoms with Crippen LogP contribution in [0.3, 0.4) is 0 Å². The van der Waals surface area contributed by atoms with Gasteiger partial charge in [0.15, 0.2) is 6.61 Å². The van der Waals surface area contributed by atoms with Crippen molar-refractivity contribution in [2.75, 3.05) is 44.4 Å². The van der Waals surface area contributed by atoms with Gasteiger partial charge in [-0.3, -0.25) is 4.79 Å². The molecule has 8 nitrogen and oxygen atoms in total. The number of nitrogens with zero attached hydrogens (tertiary/aromatic N) is 2. The molecule has 2 aliphatic rings. The van der Waals surface area contributed by atoms with Gasteiger partial charge in [-0.15, -0.1) is 0 Å². The number of esters is 1. The molecule has 1 saturated heterocycles. The number of hydrogen-bond acceptors (Lipinski definition) is 6. The summed E-state index contributed by atoms with van der Waals surface area (Å²) in [6.45, 7) is 1.50. The number of rotatable bonds is 5. The standard InChI is InChI=1S/C21H22N2O6S/c24-20(23-10-9-16-3-1-2-4-19(16)23)15-29-21(25)17-5-7-18(8-6-17)30(26,27)22-11-13-28-14-12-22/h1-8H,9-15H2. The summed E-state index contributed by atoms with van der Waals surface area (Å²) in [5.74, 6) is -0.967. The topological polar surface area (TPSA) is 93.2 Å². The SMILES string of the molecule is O=C(OCC(=O)N1CCc2ccccc21)c1ccc(S(=O)(=O)N2CCOCC2)cc1. The van der Waals surface area contributed by atoms with E-state index in [4.69, 9.17) is 9.47 Å². The van der Waals surface area contributed by atoms with Crippen LogP contribution >= 0.6 is 0 Å². The Balaban J connectivity index is 1.37. The van der Waals surface area contributed by atoms with E-state index < -0.39 is 16.0 Å². The lowest BCUT2D eigenvalue weighted by molar-refractivity contribution is -0.121. The van der Waals surface area contributed by atoms with Crippen molar-refractivity contribution in [3.8, 4) is 0 Å². The lowest BCUT2D eigenvalue weighted by atomic mass is 10.2. The Bertz CT molecular complexity index is 1050. The summed E-state index contributed by atoms with van der Waals surface area (Å²) in [6.07, 6.45) is 0.773. The first-order valence-corrected chi connectivity index (χ1v) is 11.1. The van der Waals surface area contributed by atoms with Gasteiger partial charge in [0.05, 0.1) is 23.7 Å². The molecule has 30 heavy (non-hydrogen) atoms.